The van der Waals surface area contributed by atoms with Crippen LogP contribution in [-0.4, -0.2) is 39.5 Å². The van der Waals surface area contributed by atoms with Gasteiger partial charge in [-0.15, -0.1) is 10.2 Å². The number of nitrogens with two attached hydrogens (primary N) is 1. The molecule has 4 N–H and O–H groups in total. The summed E-state index contributed by atoms with van der Waals surface area (Å²) >= 11 is 1.21. The smallest absolute Gasteiger partial charge is 0.321 e. The number of amides is 3. The first kappa shape index (κ1) is 15.4. The zero-order chi connectivity index (χ0) is 14.4. The molecule has 0 aliphatic rings. The molecule has 8 nitrogen and oxygen atoms in total. The second-order valence-corrected chi connectivity index (χ2v) is 4.93. The molecule has 0 aliphatic carbocycles. The minimum absolute atomic E-state index is 0.0862. The van der Waals surface area contributed by atoms with Crippen molar-refractivity contribution < 1.29 is 9.59 Å². The SMILES string of the molecule is CNC(=O)NC(=O)CSc1nnc(CN)n1C(C)C. The Kier molecular flexibility index (Phi) is 5.77. The van der Waals surface area contributed by atoms with Gasteiger partial charge in [0, 0.05) is 13.1 Å². The van der Waals surface area contributed by atoms with Gasteiger partial charge in [-0.05, 0) is 13.8 Å². The Morgan fingerprint density at radius 2 is 2.11 bits per heavy atom. The summed E-state index contributed by atoms with van der Waals surface area (Å²) in [5.41, 5.74) is 5.58. The number of imide groups is 1. The van der Waals surface area contributed by atoms with E-state index in [1.807, 2.05) is 18.4 Å². The van der Waals surface area contributed by atoms with Gasteiger partial charge >= 0.3 is 6.03 Å². The number of nitrogens with zero attached hydrogens (tertiary/aromatic N) is 3. The third-order valence-electron chi connectivity index (χ3n) is 2.25. The van der Waals surface area contributed by atoms with E-state index < -0.39 is 11.9 Å². The number of thioether (sulfide) groups is 1. The Morgan fingerprint density at radius 1 is 1.42 bits per heavy atom. The lowest BCUT2D eigenvalue weighted by Crippen LogP contribution is -2.38. The van der Waals surface area contributed by atoms with Crippen molar-refractivity contribution >= 4 is 23.7 Å². The van der Waals surface area contributed by atoms with Crippen molar-refractivity contribution in [1.29, 1.82) is 0 Å². The number of rotatable bonds is 5. The van der Waals surface area contributed by atoms with Gasteiger partial charge in [-0.1, -0.05) is 11.8 Å². The van der Waals surface area contributed by atoms with Gasteiger partial charge in [-0.2, -0.15) is 0 Å². The molecule has 0 spiro atoms. The van der Waals surface area contributed by atoms with Crippen molar-refractivity contribution in [2.45, 2.75) is 31.6 Å². The van der Waals surface area contributed by atoms with Crippen molar-refractivity contribution in [1.82, 2.24) is 25.4 Å². The molecule has 0 saturated heterocycles. The zero-order valence-corrected chi connectivity index (χ0v) is 12.0. The molecular formula is C10H18N6O2S. The molecule has 0 bridgehead atoms. The normalized spacial score (nSPS) is 10.6. The Balaban J connectivity index is 2.65. The van der Waals surface area contributed by atoms with E-state index in [9.17, 15) is 9.59 Å². The van der Waals surface area contributed by atoms with Gasteiger partial charge in [0.2, 0.25) is 5.91 Å². The Morgan fingerprint density at radius 3 is 2.63 bits per heavy atom. The minimum Gasteiger partial charge on any atom is -0.341 e. The number of carbonyl (C=O) groups excluding carboxylic acids is 2. The third kappa shape index (κ3) is 4.21. The first-order valence-corrected chi connectivity index (χ1v) is 6.76. The highest BCUT2D eigenvalue weighted by atomic mass is 32.2. The maximum Gasteiger partial charge on any atom is 0.321 e. The molecule has 0 radical (unpaired) electrons. The molecule has 0 aliphatic heterocycles. The second kappa shape index (κ2) is 7.10. The van der Waals surface area contributed by atoms with Crippen LogP contribution in [0.5, 0.6) is 0 Å². The van der Waals surface area contributed by atoms with E-state index in [0.29, 0.717) is 11.0 Å². The number of nitrogens with one attached hydrogen (secondary N) is 2. The van der Waals surface area contributed by atoms with Gasteiger partial charge in [0.05, 0.1) is 12.3 Å². The lowest BCUT2D eigenvalue weighted by Gasteiger charge is -2.12. The summed E-state index contributed by atoms with van der Waals surface area (Å²) < 4.78 is 1.87. The number of urea groups is 1. The van der Waals surface area contributed by atoms with Crippen LogP contribution in [0, 0.1) is 0 Å². The molecule has 1 rings (SSSR count). The average molecular weight is 286 g/mol. The largest absolute Gasteiger partial charge is 0.341 e. The lowest BCUT2D eigenvalue weighted by atomic mass is 10.4. The molecule has 0 unspecified atom stereocenters. The van der Waals surface area contributed by atoms with Crippen LogP contribution in [0.2, 0.25) is 0 Å². The fourth-order valence-corrected chi connectivity index (χ4v) is 2.31. The fraction of sp³-hybridized carbons (Fsp3) is 0.600. The van der Waals surface area contributed by atoms with Crippen LogP contribution in [0.1, 0.15) is 25.7 Å². The van der Waals surface area contributed by atoms with Crippen molar-refractivity contribution in [3.63, 3.8) is 0 Å². The lowest BCUT2D eigenvalue weighted by molar-refractivity contribution is -0.117. The molecule has 0 aromatic carbocycles. The molecule has 0 fully saturated rings. The van der Waals surface area contributed by atoms with Crippen LogP contribution in [0.3, 0.4) is 0 Å². The van der Waals surface area contributed by atoms with Crippen molar-refractivity contribution in [2.75, 3.05) is 12.8 Å². The standard InChI is InChI=1S/C10H18N6O2S/c1-6(2)16-7(4-11)14-15-10(16)19-5-8(17)13-9(18)12-3/h6H,4-5,11H2,1-3H3,(H2,12,13,17,18). The topological polar surface area (TPSA) is 115 Å². The van der Waals surface area contributed by atoms with E-state index in [0.717, 1.165) is 0 Å². The van der Waals surface area contributed by atoms with Crippen LogP contribution in [0.15, 0.2) is 5.16 Å². The summed E-state index contributed by atoms with van der Waals surface area (Å²) in [6.07, 6.45) is 0. The Bertz CT molecular complexity index is 459. The summed E-state index contributed by atoms with van der Waals surface area (Å²) in [4.78, 5) is 22.4. The third-order valence-corrected chi connectivity index (χ3v) is 3.19. The van der Waals surface area contributed by atoms with Crippen molar-refractivity contribution in [2.24, 2.45) is 5.73 Å². The van der Waals surface area contributed by atoms with E-state index in [2.05, 4.69) is 20.8 Å². The van der Waals surface area contributed by atoms with Gasteiger partial charge < -0.3 is 15.6 Å². The summed E-state index contributed by atoms with van der Waals surface area (Å²) in [5, 5.41) is 13.1. The summed E-state index contributed by atoms with van der Waals surface area (Å²) in [7, 11) is 1.44. The summed E-state index contributed by atoms with van der Waals surface area (Å²) in [6, 6.07) is -0.378. The summed E-state index contributed by atoms with van der Waals surface area (Å²) in [5.74, 6) is 0.365. The molecule has 1 aromatic rings. The molecule has 0 atom stereocenters. The number of hydrogen-bond acceptors (Lipinski definition) is 6. The Hall–Kier alpha value is -1.61. The predicted octanol–water partition coefficient (Wildman–Crippen LogP) is -0.135. The van der Waals surface area contributed by atoms with Crippen LogP contribution < -0.4 is 16.4 Å². The average Bonchev–Trinajstić information content (AvgIpc) is 2.79. The maximum absolute atomic E-state index is 11.5. The molecule has 9 heteroatoms. The minimum atomic E-state index is -0.529. The van der Waals surface area contributed by atoms with E-state index in [-0.39, 0.29) is 18.3 Å². The predicted molar refractivity (Wildman–Crippen MR) is 71.6 cm³/mol. The van der Waals surface area contributed by atoms with E-state index in [1.165, 1.54) is 18.8 Å². The zero-order valence-electron chi connectivity index (χ0n) is 11.1. The fourth-order valence-electron chi connectivity index (χ4n) is 1.42. The van der Waals surface area contributed by atoms with Crippen LogP contribution in [0.4, 0.5) is 4.79 Å². The highest BCUT2D eigenvalue weighted by molar-refractivity contribution is 7.99. The van der Waals surface area contributed by atoms with Gasteiger partial charge in [0.15, 0.2) is 5.16 Å². The molecular weight excluding hydrogens is 268 g/mol. The first-order valence-electron chi connectivity index (χ1n) is 5.77. The highest BCUT2D eigenvalue weighted by Crippen LogP contribution is 2.21. The van der Waals surface area contributed by atoms with Gasteiger partial charge in [-0.25, -0.2) is 4.79 Å². The molecule has 1 aromatic heterocycles. The van der Waals surface area contributed by atoms with Crippen molar-refractivity contribution in [3.8, 4) is 0 Å². The summed E-state index contributed by atoms with van der Waals surface area (Å²) in [6.45, 7) is 4.25. The quantitative estimate of drug-likeness (QED) is 0.649. The molecule has 1 heterocycles. The second-order valence-electron chi connectivity index (χ2n) is 3.98. The maximum atomic E-state index is 11.5. The Labute approximate surface area is 115 Å². The van der Waals surface area contributed by atoms with Gasteiger partial charge in [-0.3, -0.25) is 10.1 Å². The van der Waals surface area contributed by atoms with Gasteiger partial charge in [0.1, 0.15) is 5.82 Å². The van der Waals surface area contributed by atoms with Gasteiger partial charge in [0.25, 0.3) is 0 Å². The first-order chi connectivity index (χ1) is 8.99. The number of hydrogen-bond donors (Lipinski definition) is 3. The van der Waals surface area contributed by atoms with Crippen LogP contribution in [-0.2, 0) is 11.3 Å². The van der Waals surface area contributed by atoms with E-state index >= 15 is 0 Å². The molecule has 106 valence electrons. The van der Waals surface area contributed by atoms with E-state index in [4.69, 9.17) is 5.73 Å². The number of aromatic nitrogens is 3. The molecule has 3 amide bonds. The monoisotopic (exact) mass is 286 g/mol. The molecule has 19 heavy (non-hydrogen) atoms. The molecule has 0 saturated carbocycles. The van der Waals surface area contributed by atoms with Crippen molar-refractivity contribution in [3.05, 3.63) is 5.82 Å². The number of carbonyl (C=O) groups is 2. The van der Waals surface area contributed by atoms with Crippen LogP contribution >= 0.6 is 11.8 Å². The highest BCUT2D eigenvalue weighted by Gasteiger charge is 2.15. The van der Waals surface area contributed by atoms with E-state index in [1.54, 1.807) is 0 Å². The van der Waals surface area contributed by atoms with Crippen LogP contribution in [0.25, 0.3) is 0 Å².